The van der Waals surface area contributed by atoms with Crippen molar-refractivity contribution in [3.63, 3.8) is 0 Å². The van der Waals surface area contributed by atoms with E-state index < -0.39 is 33.5 Å². The lowest BCUT2D eigenvalue weighted by Crippen LogP contribution is -2.55. The van der Waals surface area contributed by atoms with Crippen molar-refractivity contribution in [2.45, 2.75) is 56.0 Å². The minimum absolute atomic E-state index is 0.0253. The molecule has 0 unspecified atom stereocenters. The predicted molar refractivity (Wildman–Crippen MR) is 161 cm³/mol. The van der Waals surface area contributed by atoms with Gasteiger partial charge in [-0.15, -0.1) is 0 Å². The second-order valence-electron chi connectivity index (χ2n) is 10.9. The van der Waals surface area contributed by atoms with E-state index in [2.05, 4.69) is 4.72 Å². The first-order valence-corrected chi connectivity index (χ1v) is 15.6. The van der Waals surface area contributed by atoms with Crippen LogP contribution in [0.15, 0.2) is 77.7 Å². The molecule has 3 aromatic rings. The van der Waals surface area contributed by atoms with Gasteiger partial charge in [0.05, 0.1) is 34.4 Å². The molecule has 220 valence electrons. The van der Waals surface area contributed by atoms with Crippen molar-refractivity contribution < 1.29 is 23.1 Å². The van der Waals surface area contributed by atoms with Gasteiger partial charge < -0.3 is 10.0 Å². The van der Waals surface area contributed by atoms with Crippen LogP contribution in [-0.2, 0) is 19.6 Å². The van der Waals surface area contributed by atoms with E-state index >= 15 is 0 Å². The van der Waals surface area contributed by atoms with Crippen LogP contribution in [0, 0.1) is 16.7 Å². The standard InChI is InChI=1S/C31H31Cl2N3O5S/c1-20(14-15-35-42(40,41)26-12-6-21(19-34)7-13-26)36-29(22-8-10-24(32)11-9-22)27(23-4-3-5-25(33)16-23)17-31(2,30(36)39)18-28(37)38/h3-13,16,20,27,29,35H,14-15,17-18H2,1-2H3,(H,37,38)/t20-,27+,29+,31+/m0/s1. The third kappa shape index (κ3) is 6.96. The van der Waals surface area contributed by atoms with Crippen molar-refractivity contribution in [2.24, 2.45) is 5.41 Å². The predicted octanol–water partition coefficient (Wildman–Crippen LogP) is 6.16. The van der Waals surface area contributed by atoms with Crippen molar-refractivity contribution in [1.29, 1.82) is 5.26 Å². The smallest absolute Gasteiger partial charge is 0.304 e. The minimum Gasteiger partial charge on any atom is -0.481 e. The van der Waals surface area contributed by atoms with E-state index in [0.717, 1.165) is 11.1 Å². The number of rotatable bonds is 10. The highest BCUT2D eigenvalue weighted by molar-refractivity contribution is 7.89. The third-order valence-electron chi connectivity index (χ3n) is 7.75. The molecule has 1 heterocycles. The third-order valence-corrected chi connectivity index (χ3v) is 9.72. The van der Waals surface area contributed by atoms with Crippen molar-refractivity contribution >= 4 is 45.1 Å². The molecule has 8 nitrogen and oxygen atoms in total. The van der Waals surface area contributed by atoms with Gasteiger partial charge in [0.25, 0.3) is 0 Å². The summed E-state index contributed by atoms with van der Waals surface area (Å²) in [5.41, 5.74) is 0.821. The largest absolute Gasteiger partial charge is 0.481 e. The minimum atomic E-state index is -3.86. The number of benzene rings is 3. The fourth-order valence-corrected chi connectivity index (χ4v) is 7.07. The molecule has 0 aromatic heterocycles. The second-order valence-corrected chi connectivity index (χ2v) is 13.5. The quantitative estimate of drug-likeness (QED) is 0.277. The van der Waals surface area contributed by atoms with E-state index in [1.54, 1.807) is 30.0 Å². The molecule has 1 aliphatic heterocycles. The van der Waals surface area contributed by atoms with Crippen LogP contribution < -0.4 is 4.72 Å². The van der Waals surface area contributed by atoms with Crippen LogP contribution in [0.5, 0.6) is 0 Å². The monoisotopic (exact) mass is 627 g/mol. The van der Waals surface area contributed by atoms with Gasteiger partial charge in [-0.2, -0.15) is 5.26 Å². The first-order chi connectivity index (χ1) is 19.8. The topological polar surface area (TPSA) is 128 Å². The summed E-state index contributed by atoms with van der Waals surface area (Å²) >= 11 is 12.6. The molecule has 11 heteroatoms. The van der Waals surface area contributed by atoms with Gasteiger partial charge in [-0.05, 0) is 79.4 Å². The van der Waals surface area contributed by atoms with E-state index in [9.17, 15) is 23.1 Å². The molecule has 2 N–H and O–H groups in total. The molecule has 1 amide bonds. The number of likely N-dealkylation sites (tertiary alicyclic amines) is 1. The summed E-state index contributed by atoms with van der Waals surface area (Å²) in [5.74, 6) is -1.70. The van der Waals surface area contributed by atoms with E-state index in [1.807, 2.05) is 43.3 Å². The Kier molecular flexibility index (Phi) is 9.63. The molecule has 0 saturated carbocycles. The Hall–Kier alpha value is -3.42. The molecule has 0 aliphatic carbocycles. The summed E-state index contributed by atoms with van der Waals surface area (Å²) in [4.78, 5) is 27.9. The lowest BCUT2D eigenvalue weighted by molar-refractivity contribution is -0.160. The summed E-state index contributed by atoms with van der Waals surface area (Å²) in [6.07, 6.45) is 0.182. The van der Waals surface area contributed by atoms with E-state index in [1.165, 1.54) is 24.3 Å². The Morgan fingerprint density at radius 3 is 2.36 bits per heavy atom. The van der Waals surface area contributed by atoms with Crippen LogP contribution in [-0.4, -0.2) is 42.9 Å². The SMILES string of the molecule is C[C@@H](CCNS(=O)(=O)c1ccc(C#N)cc1)N1C(=O)[C@@](C)(CC(=O)O)C[C@H](c2cccc(Cl)c2)[C@H]1c1ccc(Cl)cc1. The maximum absolute atomic E-state index is 14.2. The fourth-order valence-electron chi connectivity index (χ4n) is 5.70. The molecule has 4 atom stereocenters. The normalized spacial score (nSPS) is 21.5. The molecule has 0 spiro atoms. The van der Waals surface area contributed by atoms with E-state index in [-0.39, 0.29) is 42.5 Å². The number of nitrogens with zero attached hydrogens (tertiary/aromatic N) is 2. The highest BCUT2D eigenvalue weighted by Crippen LogP contribution is 2.52. The Bertz CT molecular complexity index is 1610. The summed E-state index contributed by atoms with van der Waals surface area (Å²) in [6.45, 7) is 3.53. The molecule has 42 heavy (non-hydrogen) atoms. The van der Waals surface area contributed by atoms with Gasteiger partial charge in [0.1, 0.15) is 0 Å². The average Bonchev–Trinajstić information content (AvgIpc) is 2.94. The number of carbonyl (C=O) groups is 2. The maximum Gasteiger partial charge on any atom is 0.304 e. The number of halogens is 2. The first-order valence-electron chi connectivity index (χ1n) is 13.4. The van der Waals surface area contributed by atoms with Crippen LogP contribution >= 0.6 is 23.2 Å². The lowest BCUT2D eigenvalue weighted by Gasteiger charge is -2.51. The number of hydrogen-bond donors (Lipinski definition) is 2. The highest BCUT2D eigenvalue weighted by Gasteiger charge is 2.51. The van der Waals surface area contributed by atoms with Crippen LogP contribution in [0.25, 0.3) is 0 Å². The number of amides is 1. The molecule has 1 fully saturated rings. The molecule has 4 rings (SSSR count). The second kappa shape index (κ2) is 12.8. The Balaban J connectivity index is 1.69. The molecule has 1 saturated heterocycles. The van der Waals surface area contributed by atoms with Gasteiger partial charge in [-0.3, -0.25) is 9.59 Å². The molecular weight excluding hydrogens is 597 g/mol. The maximum atomic E-state index is 14.2. The number of aliphatic carboxylic acids is 1. The van der Waals surface area contributed by atoms with E-state index in [0.29, 0.717) is 15.6 Å². The van der Waals surface area contributed by atoms with Gasteiger partial charge in [-0.25, -0.2) is 13.1 Å². The van der Waals surface area contributed by atoms with Crippen molar-refractivity contribution in [2.75, 3.05) is 6.54 Å². The Morgan fingerprint density at radius 2 is 1.76 bits per heavy atom. The zero-order valence-electron chi connectivity index (χ0n) is 23.1. The number of hydrogen-bond acceptors (Lipinski definition) is 5. The first kappa shape index (κ1) is 31.5. The van der Waals surface area contributed by atoms with Crippen molar-refractivity contribution in [3.8, 4) is 6.07 Å². The molecule has 1 aliphatic rings. The Morgan fingerprint density at radius 1 is 1.10 bits per heavy atom. The molecular formula is C31H31Cl2N3O5S. The van der Waals surface area contributed by atoms with Crippen LogP contribution in [0.3, 0.4) is 0 Å². The van der Waals surface area contributed by atoms with Crippen LogP contribution in [0.2, 0.25) is 10.0 Å². The average molecular weight is 629 g/mol. The van der Waals surface area contributed by atoms with Gasteiger partial charge >= 0.3 is 5.97 Å². The number of carbonyl (C=O) groups excluding carboxylic acids is 1. The highest BCUT2D eigenvalue weighted by atomic mass is 35.5. The Labute approximate surface area is 255 Å². The van der Waals surface area contributed by atoms with Gasteiger partial charge in [-0.1, -0.05) is 54.4 Å². The molecule has 3 aromatic carbocycles. The van der Waals surface area contributed by atoms with Crippen molar-refractivity contribution in [1.82, 2.24) is 9.62 Å². The number of sulfonamides is 1. The van der Waals surface area contributed by atoms with Gasteiger partial charge in [0, 0.05) is 28.5 Å². The summed E-state index contributed by atoms with van der Waals surface area (Å²) in [7, 11) is -3.86. The number of carboxylic acid groups (broad SMARTS) is 1. The van der Waals surface area contributed by atoms with Gasteiger partial charge in [0.15, 0.2) is 0 Å². The summed E-state index contributed by atoms with van der Waals surface area (Å²) in [6, 6.07) is 21.1. The number of nitrogens with one attached hydrogen (secondary N) is 1. The van der Waals surface area contributed by atoms with Crippen LogP contribution in [0.1, 0.15) is 61.8 Å². The van der Waals surface area contributed by atoms with E-state index in [4.69, 9.17) is 28.5 Å². The fraction of sp³-hybridized carbons (Fsp3) is 0.323. The molecule has 0 radical (unpaired) electrons. The zero-order chi connectivity index (χ0) is 30.7. The molecule has 0 bridgehead atoms. The lowest BCUT2D eigenvalue weighted by atomic mass is 9.67. The number of nitriles is 1. The number of piperidine rings is 1. The van der Waals surface area contributed by atoms with Crippen molar-refractivity contribution in [3.05, 3.63) is 99.5 Å². The summed E-state index contributed by atoms with van der Waals surface area (Å²) < 4.78 is 28.4. The van der Waals surface area contributed by atoms with Gasteiger partial charge in [0.2, 0.25) is 15.9 Å². The zero-order valence-corrected chi connectivity index (χ0v) is 25.5. The number of carboxylic acids is 1. The van der Waals surface area contributed by atoms with Crippen LogP contribution in [0.4, 0.5) is 0 Å². The summed E-state index contributed by atoms with van der Waals surface area (Å²) in [5, 5.41) is 19.8.